The lowest BCUT2D eigenvalue weighted by molar-refractivity contribution is -0.137. The van der Waals surface area contributed by atoms with Crippen molar-refractivity contribution in [3.63, 3.8) is 0 Å². The molecule has 174 valence electrons. The van der Waals surface area contributed by atoms with Gasteiger partial charge in [0.05, 0.1) is 22.7 Å². The number of nitrogens with one attached hydrogen (secondary N) is 1. The summed E-state index contributed by atoms with van der Waals surface area (Å²) in [4.78, 5) is 28.1. The molecule has 34 heavy (non-hydrogen) atoms. The third kappa shape index (κ3) is 4.60. The standard InChI is InChI=1S/C24H16ClF3N2O4/c1-12(29-17-7-8-20(25)30-21(17)23(32)33)15-9-14(24(26,27)28)10-16-18(31)11-19(34-22(15)16)13-5-3-2-4-6-13/h2-12,29H,1H3,(H,32,33)/t12-/m1/s1. The molecule has 0 radical (unpaired) electrons. The Kier molecular flexibility index (Phi) is 6.05. The molecule has 10 heteroatoms. The number of fused-ring (bicyclic) bond motifs is 1. The molecule has 1 atom stereocenters. The average Bonchev–Trinajstić information content (AvgIpc) is 2.79. The van der Waals surface area contributed by atoms with E-state index in [0.29, 0.717) is 5.56 Å². The van der Waals surface area contributed by atoms with E-state index in [1.807, 2.05) is 0 Å². The molecule has 0 spiro atoms. The SMILES string of the molecule is C[C@@H](Nc1ccc(Cl)nc1C(=O)O)c1cc(C(F)(F)F)cc2c(=O)cc(-c3ccccc3)oc12. The van der Waals surface area contributed by atoms with Crippen LogP contribution < -0.4 is 10.7 Å². The monoisotopic (exact) mass is 488 g/mol. The minimum atomic E-state index is -4.72. The van der Waals surface area contributed by atoms with Crippen LogP contribution in [0.1, 0.15) is 34.6 Å². The molecule has 4 rings (SSSR count). The maximum atomic E-state index is 13.6. The minimum absolute atomic E-state index is 0.0194. The number of carbonyl (C=O) groups is 1. The Morgan fingerprint density at radius 3 is 2.47 bits per heavy atom. The molecule has 0 amide bonds. The van der Waals surface area contributed by atoms with Crippen molar-refractivity contribution in [1.29, 1.82) is 0 Å². The zero-order chi connectivity index (χ0) is 24.6. The second-order valence-corrected chi connectivity index (χ2v) is 7.87. The first-order valence-corrected chi connectivity index (χ1v) is 10.3. The fourth-order valence-electron chi connectivity index (χ4n) is 3.54. The molecule has 0 aliphatic carbocycles. The molecular formula is C24H16ClF3N2O4. The van der Waals surface area contributed by atoms with E-state index < -0.39 is 34.9 Å². The summed E-state index contributed by atoms with van der Waals surface area (Å²) in [5, 5.41) is 12.0. The van der Waals surface area contributed by atoms with Gasteiger partial charge in [0.1, 0.15) is 16.5 Å². The first-order valence-electron chi connectivity index (χ1n) is 9.95. The summed E-state index contributed by atoms with van der Waals surface area (Å²) in [7, 11) is 0. The number of hydrogen-bond donors (Lipinski definition) is 2. The Bertz CT molecular complexity index is 1450. The zero-order valence-corrected chi connectivity index (χ0v) is 18.2. The number of nitrogens with zero attached hydrogens (tertiary/aromatic N) is 1. The summed E-state index contributed by atoms with van der Waals surface area (Å²) in [6.45, 7) is 1.52. The van der Waals surface area contributed by atoms with Gasteiger partial charge in [-0.25, -0.2) is 9.78 Å². The predicted molar refractivity (Wildman–Crippen MR) is 121 cm³/mol. The molecule has 0 saturated carbocycles. The van der Waals surface area contributed by atoms with Crippen molar-refractivity contribution in [1.82, 2.24) is 4.98 Å². The van der Waals surface area contributed by atoms with Crippen LogP contribution in [-0.2, 0) is 6.18 Å². The van der Waals surface area contributed by atoms with Crippen molar-refractivity contribution in [3.05, 3.63) is 92.9 Å². The first kappa shape index (κ1) is 23.3. The lowest BCUT2D eigenvalue weighted by Crippen LogP contribution is -2.15. The smallest absolute Gasteiger partial charge is 0.416 e. The maximum Gasteiger partial charge on any atom is 0.416 e. The highest BCUT2D eigenvalue weighted by Gasteiger charge is 2.33. The molecule has 0 aliphatic heterocycles. The van der Waals surface area contributed by atoms with Gasteiger partial charge in [0.25, 0.3) is 0 Å². The lowest BCUT2D eigenvalue weighted by atomic mass is 9.99. The molecule has 2 aromatic carbocycles. The van der Waals surface area contributed by atoms with Gasteiger partial charge in [-0.1, -0.05) is 41.9 Å². The van der Waals surface area contributed by atoms with Crippen LogP contribution in [0.25, 0.3) is 22.3 Å². The number of hydrogen-bond acceptors (Lipinski definition) is 5. The summed E-state index contributed by atoms with van der Waals surface area (Å²) in [6.07, 6.45) is -4.72. The van der Waals surface area contributed by atoms with Crippen molar-refractivity contribution in [2.24, 2.45) is 0 Å². The van der Waals surface area contributed by atoms with E-state index in [9.17, 15) is 27.9 Å². The number of alkyl halides is 3. The summed E-state index contributed by atoms with van der Waals surface area (Å²) < 4.78 is 46.8. The second kappa shape index (κ2) is 8.83. The summed E-state index contributed by atoms with van der Waals surface area (Å²) in [6, 6.07) is 13.2. The van der Waals surface area contributed by atoms with Crippen molar-refractivity contribution in [2.45, 2.75) is 19.1 Å². The van der Waals surface area contributed by atoms with Crippen molar-refractivity contribution >= 4 is 34.2 Å². The molecule has 2 N–H and O–H groups in total. The van der Waals surface area contributed by atoms with Gasteiger partial charge < -0.3 is 14.8 Å². The quantitative estimate of drug-likeness (QED) is 0.316. The van der Waals surface area contributed by atoms with E-state index in [2.05, 4.69) is 10.3 Å². The van der Waals surface area contributed by atoms with Crippen LogP contribution in [0.2, 0.25) is 5.15 Å². The minimum Gasteiger partial charge on any atom is -0.476 e. The summed E-state index contributed by atoms with van der Waals surface area (Å²) >= 11 is 5.78. The van der Waals surface area contributed by atoms with Gasteiger partial charge in [-0.15, -0.1) is 0 Å². The molecule has 4 aromatic rings. The van der Waals surface area contributed by atoms with E-state index in [-0.39, 0.29) is 33.1 Å². The average molecular weight is 489 g/mol. The Morgan fingerprint density at radius 2 is 1.82 bits per heavy atom. The summed E-state index contributed by atoms with van der Waals surface area (Å²) in [5.41, 5.74) is -1.49. The number of carboxylic acids is 1. The van der Waals surface area contributed by atoms with E-state index >= 15 is 0 Å². The van der Waals surface area contributed by atoms with E-state index in [0.717, 1.165) is 18.2 Å². The van der Waals surface area contributed by atoms with Gasteiger partial charge in [-0.2, -0.15) is 13.2 Å². The number of aromatic nitrogens is 1. The van der Waals surface area contributed by atoms with Crippen molar-refractivity contribution < 1.29 is 27.5 Å². The van der Waals surface area contributed by atoms with Crippen LogP contribution in [0.3, 0.4) is 0 Å². The van der Waals surface area contributed by atoms with Gasteiger partial charge in [-0.05, 0) is 31.2 Å². The van der Waals surface area contributed by atoms with Crippen molar-refractivity contribution in [3.8, 4) is 11.3 Å². The van der Waals surface area contributed by atoms with E-state index in [1.54, 1.807) is 30.3 Å². The number of rotatable bonds is 5. The Labute approximate surface area is 195 Å². The van der Waals surface area contributed by atoms with Crippen LogP contribution in [0.5, 0.6) is 0 Å². The largest absolute Gasteiger partial charge is 0.476 e. The van der Waals surface area contributed by atoms with Gasteiger partial charge in [-0.3, -0.25) is 4.79 Å². The highest BCUT2D eigenvalue weighted by Crippen LogP contribution is 2.36. The van der Waals surface area contributed by atoms with Gasteiger partial charge in [0, 0.05) is 17.2 Å². The molecule has 0 fully saturated rings. The Morgan fingerprint density at radius 1 is 1.12 bits per heavy atom. The molecule has 2 heterocycles. The van der Waals surface area contributed by atoms with Crippen LogP contribution in [0, 0.1) is 0 Å². The van der Waals surface area contributed by atoms with E-state index in [1.165, 1.54) is 19.1 Å². The van der Waals surface area contributed by atoms with Crippen LogP contribution in [0.15, 0.2) is 69.9 Å². The fourth-order valence-corrected chi connectivity index (χ4v) is 3.69. The number of aromatic carboxylic acids is 1. The number of halogens is 4. The first-order chi connectivity index (χ1) is 16.0. The molecule has 0 aliphatic rings. The van der Waals surface area contributed by atoms with E-state index in [4.69, 9.17) is 16.0 Å². The van der Waals surface area contributed by atoms with Gasteiger partial charge in [0.15, 0.2) is 11.1 Å². The molecule has 2 aromatic heterocycles. The zero-order valence-electron chi connectivity index (χ0n) is 17.5. The molecule has 0 saturated heterocycles. The normalized spacial score (nSPS) is 12.5. The third-order valence-electron chi connectivity index (χ3n) is 5.15. The van der Waals surface area contributed by atoms with Crippen LogP contribution >= 0.6 is 11.6 Å². The number of carboxylic acid groups (broad SMARTS) is 1. The fraction of sp³-hybridized carbons (Fsp3) is 0.125. The number of anilines is 1. The molecular weight excluding hydrogens is 473 g/mol. The van der Waals surface area contributed by atoms with Gasteiger partial charge in [0.2, 0.25) is 0 Å². The van der Waals surface area contributed by atoms with Crippen LogP contribution in [-0.4, -0.2) is 16.1 Å². The van der Waals surface area contributed by atoms with Crippen molar-refractivity contribution in [2.75, 3.05) is 5.32 Å². The summed E-state index contributed by atoms with van der Waals surface area (Å²) in [5.74, 6) is -1.19. The topological polar surface area (TPSA) is 92.4 Å². The Hall–Kier alpha value is -3.85. The highest BCUT2D eigenvalue weighted by molar-refractivity contribution is 6.29. The predicted octanol–water partition coefficient (Wildman–Crippen LogP) is 6.40. The van der Waals surface area contributed by atoms with Crippen LogP contribution in [0.4, 0.5) is 18.9 Å². The third-order valence-corrected chi connectivity index (χ3v) is 5.36. The number of benzene rings is 2. The number of pyridine rings is 1. The molecule has 0 unspecified atom stereocenters. The second-order valence-electron chi connectivity index (χ2n) is 7.48. The van der Waals surface area contributed by atoms with Gasteiger partial charge >= 0.3 is 12.1 Å². The Balaban J connectivity index is 1.92. The lowest BCUT2D eigenvalue weighted by Gasteiger charge is -2.20. The maximum absolute atomic E-state index is 13.6. The molecule has 0 bridgehead atoms. The highest BCUT2D eigenvalue weighted by atomic mass is 35.5. The molecule has 6 nitrogen and oxygen atoms in total.